The standard InChI is InChI=1S/C30H28N6.4ClHO4.2Cu.4H2O/c1-5-17-31-25(9-1)21-35(22-26-10-2-6-18-32-26)29-13-15-30(16-14-29)36(23-27-11-3-7-19-33-27)24-28-12-4-8-20-34-28;4*2-1(3,4)5;;;;;;/h1-20H,21-24H2;4*(H,2,3,4,5);;;4*1H2/q;;;;;2*+2;;;;. The van der Waals surface area contributed by atoms with E-state index in [0.717, 1.165) is 34.2 Å². The van der Waals surface area contributed by atoms with Crippen molar-refractivity contribution in [2.24, 2.45) is 0 Å². The fraction of sp³-hybridized carbons (Fsp3) is 0.133. The summed E-state index contributed by atoms with van der Waals surface area (Å²) in [6, 6.07) is 32.8. The zero-order valence-electron chi connectivity index (χ0n) is 31.0. The molecule has 0 fully saturated rings. The van der Waals surface area contributed by atoms with Crippen LogP contribution in [0.5, 0.6) is 0 Å². The average Bonchev–Trinajstić information content (AvgIpc) is 3.07. The Morgan fingerprint density at radius 2 is 0.468 bits per heavy atom. The number of pyridine rings is 4. The molecule has 0 aliphatic carbocycles. The summed E-state index contributed by atoms with van der Waals surface area (Å²) in [5.41, 5.74) is 6.30. The molecule has 0 saturated heterocycles. The number of hydrogen-bond donors (Lipinski definition) is 0. The van der Waals surface area contributed by atoms with Crippen molar-refractivity contribution in [1.29, 1.82) is 0 Å². The summed E-state index contributed by atoms with van der Waals surface area (Å²) >= 11 is 0. The molecule has 32 heteroatoms. The van der Waals surface area contributed by atoms with Crippen LogP contribution in [0.15, 0.2) is 122 Å². The Morgan fingerprint density at radius 1 is 0.306 bits per heavy atom. The van der Waals surface area contributed by atoms with E-state index in [0.29, 0.717) is 26.2 Å². The van der Waals surface area contributed by atoms with E-state index in [1.165, 1.54) is 0 Å². The van der Waals surface area contributed by atoms with Gasteiger partial charge in [-0.15, -0.1) is 41.0 Å². The van der Waals surface area contributed by atoms with Crippen LogP contribution in [0.1, 0.15) is 22.8 Å². The molecule has 5 aromatic rings. The van der Waals surface area contributed by atoms with E-state index in [1.54, 1.807) is 0 Å². The SMILES string of the molecule is [Cu+2].[Cu+2].[O-][Cl+3]([O-])([O-])[O-].[O-][Cl+3]([O-])([O-])[O-].[O-][Cl+3]([O-])([O-])[O-].[O-][Cl+3]([O-])([O-])[O-].[OH3+].[OH3+].[OH3+].[OH3+].c1ccc(CN(Cc2ccccn2)c2ccc(N(Cc3ccccn3)Cc3ccccn3)cc2)nc1. The minimum atomic E-state index is -4.94. The van der Waals surface area contributed by atoms with Gasteiger partial charge in [-0.25, -0.2) is 74.5 Å². The van der Waals surface area contributed by atoms with E-state index < -0.39 is 41.0 Å². The largest absolute Gasteiger partial charge is 2.00 e. The van der Waals surface area contributed by atoms with Gasteiger partial charge in [0.1, 0.15) is 0 Å². The van der Waals surface area contributed by atoms with Crippen LogP contribution in [0.2, 0.25) is 0 Å². The third-order valence-corrected chi connectivity index (χ3v) is 5.90. The number of benzene rings is 1. The van der Waals surface area contributed by atoms with E-state index in [1.807, 2.05) is 73.3 Å². The minimum absolute atomic E-state index is 0. The Balaban J connectivity index is -0.000000255. The summed E-state index contributed by atoms with van der Waals surface area (Å²) in [6.45, 7) is 2.79. The summed E-state index contributed by atoms with van der Waals surface area (Å²) in [5.74, 6) is 0. The first-order valence-electron chi connectivity index (χ1n) is 14.5. The predicted octanol–water partition coefficient (Wildman–Crippen LogP) is -17.0. The number of rotatable bonds is 10. The number of hydrogen-bond acceptors (Lipinski definition) is 22. The average molecular weight is 1070 g/mol. The smallest absolute Gasteiger partial charge is 0.457 e. The van der Waals surface area contributed by atoms with Gasteiger partial charge in [-0.3, -0.25) is 19.9 Å². The van der Waals surface area contributed by atoms with Gasteiger partial charge in [0.2, 0.25) is 0 Å². The van der Waals surface area contributed by atoms with E-state index >= 15 is 0 Å². The molecule has 0 unspecified atom stereocenters. The Labute approximate surface area is 381 Å². The summed E-state index contributed by atoms with van der Waals surface area (Å²) in [7, 11) is -19.8. The van der Waals surface area contributed by atoms with Crippen molar-refractivity contribution in [3.8, 4) is 0 Å². The van der Waals surface area contributed by atoms with Crippen LogP contribution < -0.4 is 84.3 Å². The first-order chi connectivity index (χ1) is 25.8. The van der Waals surface area contributed by atoms with Crippen molar-refractivity contribution < 1.29 is 172 Å². The van der Waals surface area contributed by atoms with E-state index in [2.05, 4.69) is 78.3 Å². The predicted molar refractivity (Wildman–Crippen MR) is 163 cm³/mol. The molecule has 0 amide bonds. The fourth-order valence-corrected chi connectivity index (χ4v) is 4.10. The van der Waals surface area contributed by atoms with Crippen molar-refractivity contribution in [3.63, 3.8) is 0 Å². The van der Waals surface area contributed by atoms with Gasteiger partial charge in [0.25, 0.3) is 0 Å². The van der Waals surface area contributed by atoms with Crippen molar-refractivity contribution in [1.82, 2.24) is 19.9 Å². The van der Waals surface area contributed by atoms with Gasteiger partial charge >= 0.3 is 34.1 Å². The molecule has 0 saturated carbocycles. The van der Waals surface area contributed by atoms with E-state index in [-0.39, 0.29) is 56.0 Å². The van der Waals surface area contributed by atoms with Crippen LogP contribution in [-0.4, -0.2) is 19.9 Å². The molecule has 356 valence electrons. The molecule has 62 heavy (non-hydrogen) atoms. The number of nitrogens with zero attached hydrogens (tertiary/aromatic N) is 6. The van der Waals surface area contributed by atoms with Crippen LogP contribution in [0.25, 0.3) is 0 Å². The second kappa shape index (κ2) is 35.2. The van der Waals surface area contributed by atoms with Crippen molar-refractivity contribution in [2.75, 3.05) is 9.80 Å². The molecule has 0 atom stereocenters. The molecule has 1 aromatic carbocycles. The van der Waals surface area contributed by atoms with Crippen molar-refractivity contribution >= 4 is 11.4 Å². The normalized spacial score (nSPS) is 10.1. The van der Waals surface area contributed by atoms with Gasteiger partial charge in [-0.05, 0) is 72.8 Å². The Morgan fingerprint density at radius 3 is 0.597 bits per heavy atom. The minimum Gasteiger partial charge on any atom is -0.457 e. The van der Waals surface area contributed by atoms with Gasteiger partial charge < -0.3 is 31.7 Å². The summed E-state index contributed by atoms with van der Waals surface area (Å²) in [4.78, 5) is 22.8. The molecule has 0 aliphatic heterocycles. The second-order valence-corrected chi connectivity index (χ2v) is 13.0. The molecule has 0 bridgehead atoms. The summed E-state index contributed by atoms with van der Waals surface area (Å²) in [6.07, 6.45) is 7.35. The van der Waals surface area contributed by atoms with Crippen LogP contribution in [0.3, 0.4) is 0 Å². The van der Waals surface area contributed by atoms with Crippen LogP contribution >= 0.6 is 0 Å². The van der Waals surface area contributed by atoms with Gasteiger partial charge in [0.05, 0.1) is 49.0 Å². The Kier molecular flexibility index (Phi) is 40.0. The third-order valence-electron chi connectivity index (χ3n) is 5.90. The summed E-state index contributed by atoms with van der Waals surface area (Å²) in [5, 5.41) is 0. The molecule has 5 rings (SSSR count). The molecule has 2 radical (unpaired) electrons. The Bertz CT molecular complexity index is 1500. The maximum absolute atomic E-state index is 8.49. The zero-order chi connectivity index (χ0) is 42.4. The molecule has 12 N–H and O–H groups in total. The molecule has 4 heterocycles. The van der Waals surface area contributed by atoms with Crippen LogP contribution in [-0.2, 0) is 82.2 Å². The number of halogens is 4. The van der Waals surface area contributed by atoms with Gasteiger partial charge in [-0.1, -0.05) is 24.3 Å². The maximum atomic E-state index is 8.49. The number of anilines is 2. The first-order valence-corrected chi connectivity index (χ1v) is 19.4. The third kappa shape index (κ3) is 44.9. The first kappa shape index (κ1) is 70.5. The molecule has 0 aliphatic rings. The van der Waals surface area contributed by atoms with Gasteiger partial charge in [-0.2, -0.15) is 0 Å². The monoisotopic (exact) mass is 1070 g/mol. The molecular weight excluding hydrogens is 1030 g/mol. The molecule has 4 aromatic heterocycles. The number of aromatic nitrogens is 4. The van der Waals surface area contributed by atoms with Gasteiger partial charge in [0, 0.05) is 36.2 Å². The van der Waals surface area contributed by atoms with Crippen molar-refractivity contribution in [3.05, 3.63) is 145 Å². The molecular formula is C30H40Cl4Cu2N6O20+4. The Hall–Kier alpha value is -3.18. The van der Waals surface area contributed by atoms with Crippen LogP contribution in [0.4, 0.5) is 11.4 Å². The quantitative estimate of drug-likeness (QED) is 0.0925. The van der Waals surface area contributed by atoms with Crippen LogP contribution in [0, 0.1) is 41.0 Å². The van der Waals surface area contributed by atoms with Gasteiger partial charge in [0.15, 0.2) is 0 Å². The second-order valence-electron chi connectivity index (χ2n) is 10.0. The fourth-order valence-electron chi connectivity index (χ4n) is 4.10. The summed E-state index contributed by atoms with van der Waals surface area (Å²) < 4.78 is 136. The molecule has 0 spiro atoms. The van der Waals surface area contributed by atoms with E-state index in [9.17, 15) is 0 Å². The van der Waals surface area contributed by atoms with Crippen molar-refractivity contribution in [2.45, 2.75) is 26.2 Å². The van der Waals surface area contributed by atoms with E-state index in [4.69, 9.17) is 74.5 Å². The molecule has 26 nitrogen and oxygen atoms in total. The zero-order valence-corrected chi connectivity index (χ0v) is 35.9. The topological polar surface area (TPSA) is 559 Å². The maximum Gasteiger partial charge on any atom is 2.00 e.